The van der Waals surface area contributed by atoms with E-state index in [1.54, 1.807) is 0 Å². The Labute approximate surface area is 129 Å². The maximum atomic E-state index is 3.94. The number of hydrogen-bond acceptors (Lipinski definition) is 2. The Morgan fingerprint density at radius 2 is 1.81 bits per heavy atom. The Balaban J connectivity index is 1.37. The van der Waals surface area contributed by atoms with Gasteiger partial charge >= 0.3 is 0 Å². The lowest BCUT2D eigenvalue weighted by Gasteiger charge is -2.34. The molecule has 2 unspecified atom stereocenters. The fourth-order valence-electron chi connectivity index (χ4n) is 3.95. The number of piperidine rings is 1. The Bertz CT molecular complexity index is 409. The van der Waals surface area contributed by atoms with Crippen molar-refractivity contribution in [2.75, 3.05) is 19.6 Å². The summed E-state index contributed by atoms with van der Waals surface area (Å²) in [6.45, 7) is 6.17. The van der Waals surface area contributed by atoms with E-state index in [2.05, 4.69) is 47.5 Å². The van der Waals surface area contributed by atoms with Crippen molar-refractivity contribution in [1.29, 1.82) is 0 Å². The standard InChI is InChI=1S/C19H30N2/c1-16-6-5-9-19(16)20-18-11-14-21(15-12-18)13-10-17-7-3-2-4-8-17/h2-4,7-8,16,18-20H,5-6,9-15H2,1H3. The highest BCUT2D eigenvalue weighted by atomic mass is 15.1. The van der Waals surface area contributed by atoms with E-state index >= 15 is 0 Å². The minimum Gasteiger partial charge on any atom is -0.311 e. The summed E-state index contributed by atoms with van der Waals surface area (Å²) >= 11 is 0. The number of nitrogens with zero attached hydrogens (tertiary/aromatic N) is 1. The third kappa shape index (κ3) is 4.31. The summed E-state index contributed by atoms with van der Waals surface area (Å²) < 4.78 is 0. The van der Waals surface area contributed by atoms with Gasteiger partial charge in [-0.3, -0.25) is 0 Å². The third-order valence-corrected chi connectivity index (χ3v) is 5.46. The quantitative estimate of drug-likeness (QED) is 0.891. The van der Waals surface area contributed by atoms with E-state index in [0.717, 1.165) is 18.0 Å². The van der Waals surface area contributed by atoms with E-state index in [4.69, 9.17) is 0 Å². The molecule has 1 aliphatic heterocycles. The average Bonchev–Trinajstić information content (AvgIpc) is 2.93. The smallest absolute Gasteiger partial charge is 0.00953 e. The molecule has 2 atom stereocenters. The lowest BCUT2D eigenvalue weighted by Crippen LogP contribution is -2.47. The van der Waals surface area contributed by atoms with Crippen LogP contribution >= 0.6 is 0 Å². The van der Waals surface area contributed by atoms with E-state index in [1.807, 2.05) is 0 Å². The molecule has 1 saturated carbocycles. The first kappa shape index (κ1) is 15.1. The summed E-state index contributed by atoms with van der Waals surface area (Å²) in [4.78, 5) is 2.64. The van der Waals surface area contributed by atoms with Crippen molar-refractivity contribution in [1.82, 2.24) is 10.2 Å². The zero-order chi connectivity index (χ0) is 14.5. The van der Waals surface area contributed by atoms with Gasteiger partial charge in [0.15, 0.2) is 0 Å². The largest absolute Gasteiger partial charge is 0.311 e. The van der Waals surface area contributed by atoms with Gasteiger partial charge in [-0.15, -0.1) is 0 Å². The van der Waals surface area contributed by atoms with Crippen molar-refractivity contribution >= 4 is 0 Å². The molecule has 0 bridgehead atoms. The van der Waals surface area contributed by atoms with Crippen LogP contribution in [-0.4, -0.2) is 36.6 Å². The van der Waals surface area contributed by atoms with Crippen LogP contribution < -0.4 is 5.32 Å². The predicted molar refractivity (Wildman–Crippen MR) is 89.5 cm³/mol. The number of benzene rings is 1. The van der Waals surface area contributed by atoms with Gasteiger partial charge in [0.2, 0.25) is 0 Å². The van der Waals surface area contributed by atoms with Crippen molar-refractivity contribution in [3.8, 4) is 0 Å². The molecule has 1 aliphatic carbocycles. The van der Waals surface area contributed by atoms with Crippen molar-refractivity contribution in [3.05, 3.63) is 35.9 Å². The van der Waals surface area contributed by atoms with E-state index in [9.17, 15) is 0 Å². The third-order valence-electron chi connectivity index (χ3n) is 5.46. The van der Waals surface area contributed by atoms with Gasteiger partial charge in [-0.25, -0.2) is 0 Å². The molecule has 21 heavy (non-hydrogen) atoms. The van der Waals surface area contributed by atoms with Crippen LogP contribution in [0.25, 0.3) is 0 Å². The molecule has 1 saturated heterocycles. The minimum absolute atomic E-state index is 0.767. The molecule has 0 amide bonds. The van der Waals surface area contributed by atoms with Gasteiger partial charge < -0.3 is 10.2 Å². The average molecular weight is 286 g/mol. The van der Waals surface area contributed by atoms with Gasteiger partial charge in [0.05, 0.1) is 0 Å². The van der Waals surface area contributed by atoms with Gasteiger partial charge in [0.25, 0.3) is 0 Å². The first-order chi connectivity index (χ1) is 10.3. The van der Waals surface area contributed by atoms with Crippen molar-refractivity contribution in [2.45, 2.75) is 57.5 Å². The second-order valence-corrected chi connectivity index (χ2v) is 7.03. The Morgan fingerprint density at radius 1 is 1.05 bits per heavy atom. The molecule has 3 rings (SSSR count). The second-order valence-electron chi connectivity index (χ2n) is 7.03. The molecule has 1 N–H and O–H groups in total. The molecule has 2 fully saturated rings. The summed E-state index contributed by atoms with van der Waals surface area (Å²) in [5.74, 6) is 0.890. The van der Waals surface area contributed by atoms with Crippen LogP contribution in [-0.2, 0) is 6.42 Å². The molecule has 2 nitrogen and oxygen atoms in total. The fourth-order valence-corrected chi connectivity index (χ4v) is 3.95. The SMILES string of the molecule is CC1CCCC1NC1CCN(CCc2ccccc2)CC1. The van der Waals surface area contributed by atoms with Crippen LogP contribution in [0.5, 0.6) is 0 Å². The van der Waals surface area contributed by atoms with Crippen LogP contribution in [0.15, 0.2) is 30.3 Å². The summed E-state index contributed by atoms with van der Waals surface area (Å²) in [6.07, 6.45) is 8.10. The Morgan fingerprint density at radius 3 is 2.48 bits per heavy atom. The van der Waals surface area contributed by atoms with Crippen LogP contribution in [0, 0.1) is 5.92 Å². The van der Waals surface area contributed by atoms with Crippen LogP contribution in [0.1, 0.15) is 44.6 Å². The topological polar surface area (TPSA) is 15.3 Å². The predicted octanol–water partition coefficient (Wildman–Crippen LogP) is 3.47. The first-order valence-corrected chi connectivity index (χ1v) is 8.83. The zero-order valence-corrected chi connectivity index (χ0v) is 13.4. The minimum atomic E-state index is 0.767. The molecule has 1 heterocycles. The molecule has 1 aromatic rings. The van der Waals surface area contributed by atoms with Crippen molar-refractivity contribution in [2.24, 2.45) is 5.92 Å². The van der Waals surface area contributed by atoms with Crippen LogP contribution in [0.3, 0.4) is 0 Å². The second kappa shape index (κ2) is 7.42. The summed E-state index contributed by atoms with van der Waals surface area (Å²) in [5.41, 5.74) is 1.47. The van der Waals surface area contributed by atoms with E-state index in [0.29, 0.717) is 0 Å². The maximum Gasteiger partial charge on any atom is 0.00953 e. The molecular formula is C19H30N2. The highest BCUT2D eigenvalue weighted by molar-refractivity contribution is 5.14. The normalized spacial score (nSPS) is 28.0. The maximum absolute atomic E-state index is 3.94. The van der Waals surface area contributed by atoms with Gasteiger partial charge in [-0.05, 0) is 56.7 Å². The van der Waals surface area contributed by atoms with Crippen LogP contribution in [0.2, 0.25) is 0 Å². The number of likely N-dealkylation sites (tertiary alicyclic amines) is 1. The van der Waals surface area contributed by atoms with Gasteiger partial charge in [0, 0.05) is 18.6 Å². The number of hydrogen-bond donors (Lipinski definition) is 1. The molecule has 1 aromatic carbocycles. The lowest BCUT2D eigenvalue weighted by molar-refractivity contribution is 0.188. The van der Waals surface area contributed by atoms with Gasteiger partial charge in [0.1, 0.15) is 0 Å². The molecular weight excluding hydrogens is 256 g/mol. The fraction of sp³-hybridized carbons (Fsp3) is 0.684. The van der Waals surface area contributed by atoms with Gasteiger partial charge in [-0.2, -0.15) is 0 Å². The van der Waals surface area contributed by atoms with E-state index in [-0.39, 0.29) is 0 Å². The highest BCUT2D eigenvalue weighted by Gasteiger charge is 2.27. The summed E-state index contributed by atoms with van der Waals surface area (Å²) in [6, 6.07) is 12.5. The zero-order valence-electron chi connectivity index (χ0n) is 13.4. The molecule has 2 heteroatoms. The first-order valence-electron chi connectivity index (χ1n) is 8.83. The lowest BCUT2D eigenvalue weighted by atomic mass is 10.00. The van der Waals surface area contributed by atoms with E-state index in [1.165, 1.54) is 63.7 Å². The summed E-state index contributed by atoms with van der Waals surface area (Å²) in [7, 11) is 0. The highest BCUT2D eigenvalue weighted by Crippen LogP contribution is 2.26. The van der Waals surface area contributed by atoms with Crippen molar-refractivity contribution < 1.29 is 0 Å². The van der Waals surface area contributed by atoms with Crippen molar-refractivity contribution in [3.63, 3.8) is 0 Å². The number of rotatable bonds is 5. The molecule has 0 radical (unpaired) electrons. The van der Waals surface area contributed by atoms with Crippen LogP contribution in [0.4, 0.5) is 0 Å². The monoisotopic (exact) mass is 286 g/mol. The molecule has 2 aliphatic rings. The van der Waals surface area contributed by atoms with Gasteiger partial charge in [-0.1, -0.05) is 43.7 Å². The molecule has 116 valence electrons. The molecule has 0 aromatic heterocycles. The Hall–Kier alpha value is -0.860. The number of nitrogens with one attached hydrogen (secondary N) is 1. The molecule has 0 spiro atoms. The summed E-state index contributed by atoms with van der Waals surface area (Å²) in [5, 5.41) is 3.94. The Kier molecular flexibility index (Phi) is 5.32. The van der Waals surface area contributed by atoms with E-state index < -0.39 is 0 Å².